The van der Waals surface area contributed by atoms with Crippen molar-refractivity contribution in [3.05, 3.63) is 86.9 Å². The Morgan fingerprint density at radius 2 is 1.31 bits per heavy atom. The third-order valence-electron chi connectivity index (χ3n) is 7.19. The van der Waals surface area contributed by atoms with Crippen molar-refractivity contribution < 1.29 is 27.6 Å². The molecule has 42 heavy (non-hydrogen) atoms. The van der Waals surface area contributed by atoms with Gasteiger partial charge in [0.1, 0.15) is 9.75 Å². The van der Waals surface area contributed by atoms with Gasteiger partial charge in [-0.2, -0.15) is 13.2 Å². The molecule has 3 amide bonds. The van der Waals surface area contributed by atoms with Crippen molar-refractivity contribution in [3.8, 4) is 0 Å². The van der Waals surface area contributed by atoms with E-state index >= 15 is 0 Å². The smallest absolute Gasteiger partial charge is 0.326 e. The third-order valence-corrected chi connectivity index (χ3v) is 8.89. The van der Waals surface area contributed by atoms with Crippen LogP contribution in [0, 0.1) is 11.3 Å². The Morgan fingerprint density at radius 3 is 1.86 bits per heavy atom. The lowest BCUT2D eigenvalue weighted by molar-refractivity contribution is -0.189. The topological polar surface area (TPSA) is 87.3 Å². The minimum Gasteiger partial charge on any atom is -0.326 e. The number of hydrogen-bond acceptors (Lipinski definition) is 3. The molecule has 0 bridgehead atoms. The van der Waals surface area contributed by atoms with Gasteiger partial charge in [-0.15, -0.1) is 23.2 Å². The zero-order chi connectivity index (χ0) is 30.6. The molecular formula is C28H19Cl5F3N3O3. The van der Waals surface area contributed by atoms with Crippen LogP contribution in [0.3, 0.4) is 0 Å². The molecule has 2 saturated carbocycles. The van der Waals surface area contributed by atoms with Crippen molar-refractivity contribution >= 4 is 92.8 Å². The Kier molecular flexibility index (Phi) is 8.13. The maximum absolute atomic E-state index is 13.2. The Labute approximate surface area is 262 Å². The number of halogens is 8. The molecule has 3 aromatic rings. The minimum absolute atomic E-state index is 0.0321. The average molecular weight is 680 g/mol. The number of carbonyl (C=O) groups is 3. The van der Waals surface area contributed by atoms with Gasteiger partial charge in [-0.3, -0.25) is 14.4 Å². The highest BCUT2D eigenvalue weighted by Crippen LogP contribution is 2.65. The number of alkyl halides is 5. The lowest BCUT2D eigenvalue weighted by Gasteiger charge is -2.18. The molecule has 0 unspecified atom stereocenters. The molecule has 14 heteroatoms. The molecule has 0 radical (unpaired) electrons. The second-order valence-electron chi connectivity index (χ2n) is 10.1. The van der Waals surface area contributed by atoms with E-state index in [0.717, 1.165) is 0 Å². The number of amides is 3. The first-order valence-electron chi connectivity index (χ1n) is 12.4. The van der Waals surface area contributed by atoms with E-state index in [4.69, 9.17) is 58.0 Å². The van der Waals surface area contributed by atoms with Gasteiger partial charge in [0.05, 0.1) is 16.5 Å². The van der Waals surface area contributed by atoms with Gasteiger partial charge < -0.3 is 16.0 Å². The van der Waals surface area contributed by atoms with Gasteiger partial charge in [0.25, 0.3) is 5.91 Å². The fourth-order valence-corrected chi connectivity index (χ4v) is 6.24. The highest BCUT2D eigenvalue weighted by atomic mass is 35.5. The first-order chi connectivity index (χ1) is 19.6. The molecule has 6 nitrogen and oxygen atoms in total. The summed E-state index contributed by atoms with van der Waals surface area (Å²) in [6.45, 7) is 0. The van der Waals surface area contributed by atoms with Gasteiger partial charge in [0.15, 0.2) is 0 Å². The molecule has 2 fully saturated rings. The fourth-order valence-electron chi connectivity index (χ4n) is 4.67. The van der Waals surface area contributed by atoms with Gasteiger partial charge in [0.2, 0.25) is 11.8 Å². The van der Waals surface area contributed by atoms with Crippen LogP contribution in [0.1, 0.15) is 34.7 Å². The first kappa shape index (κ1) is 30.8. The summed E-state index contributed by atoms with van der Waals surface area (Å²) >= 11 is 31.2. The number of rotatable bonds is 7. The van der Waals surface area contributed by atoms with Crippen LogP contribution in [0.15, 0.2) is 60.7 Å². The van der Waals surface area contributed by atoms with E-state index in [1.807, 2.05) is 0 Å². The van der Waals surface area contributed by atoms with Gasteiger partial charge in [-0.1, -0.05) is 34.8 Å². The summed E-state index contributed by atoms with van der Waals surface area (Å²) in [6.07, 6.45) is -5.14. The monoisotopic (exact) mass is 677 g/mol. The SMILES string of the molecule is O=C(Nc1ccc(NC(=O)C2(C(F)(F)F)CC2)cc1)c1cc(NC(=O)[C@H]2[C@H](c3cc(Cl)cc(Cl)c3)C2(Cl)Cl)ccc1Cl. The number of hydrogen-bond donors (Lipinski definition) is 3. The zero-order valence-electron chi connectivity index (χ0n) is 21.1. The molecule has 2 aliphatic carbocycles. The van der Waals surface area contributed by atoms with E-state index in [-0.39, 0.29) is 40.5 Å². The summed E-state index contributed by atoms with van der Waals surface area (Å²) in [7, 11) is 0. The van der Waals surface area contributed by atoms with Crippen molar-refractivity contribution in [2.24, 2.45) is 11.3 Å². The van der Waals surface area contributed by atoms with Crippen LogP contribution in [-0.4, -0.2) is 28.2 Å². The van der Waals surface area contributed by atoms with Crippen molar-refractivity contribution in [3.63, 3.8) is 0 Å². The van der Waals surface area contributed by atoms with Gasteiger partial charge >= 0.3 is 6.18 Å². The maximum atomic E-state index is 13.2. The predicted octanol–water partition coefficient (Wildman–Crippen LogP) is 8.71. The molecule has 220 valence electrons. The van der Waals surface area contributed by atoms with Gasteiger partial charge in [0, 0.05) is 33.0 Å². The van der Waals surface area contributed by atoms with E-state index < -0.39 is 45.5 Å². The zero-order valence-corrected chi connectivity index (χ0v) is 24.9. The lowest BCUT2D eigenvalue weighted by Crippen LogP contribution is -2.36. The highest BCUT2D eigenvalue weighted by Gasteiger charge is 2.69. The second-order valence-corrected chi connectivity index (χ2v) is 12.8. The summed E-state index contributed by atoms with van der Waals surface area (Å²) in [5, 5.41) is 8.42. The molecule has 0 saturated heterocycles. The van der Waals surface area contributed by atoms with Crippen molar-refractivity contribution in [1.82, 2.24) is 0 Å². The normalized spacial score (nSPS) is 19.9. The van der Waals surface area contributed by atoms with Gasteiger partial charge in [-0.25, -0.2) is 0 Å². The Bertz CT molecular complexity index is 1570. The molecule has 0 heterocycles. The van der Waals surface area contributed by atoms with E-state index in [9.17, 15) is 27.6 Å². The fraction of sp³-hybridized carbons (Fsp3) is 0.250. The van der Waals surface area contributed by atoms with Crippen LogP contribution in [-0.2, 0) is 9.59 Å². The van der Waals surface area contributed by atoms with Crippen molar-refractivity contribution in [1.29, 1.82) is 0 Å². The van der Waals surface area contributed by atoms with Crippen LogP contribution >= 0.6 is 58.0 Å². The largest absolute Gasteiger partial charge is 0.403 e. The summed E-state index contributed by atoms with van der Waals surface area (Å²) in [4.78, 5) is 38.2. The summed E-state index contributed by atoms with van der Waals surface area (Å²) < 4.78 is 38.1. The molecule has 2 atom stereocenters. The van der Waals surface area contributed by atoms with Crippen molar-refractivity contribution in [2.75, 3.05) is 16.0 Å². The lowest BCUT2D eigenvalue weighted by atomic mass is 10.1. The molecule has 2 aliphatic rings. The number of carbonyl (C=O) groups excluding carboxylic acids is 3. The molecule has 0 aromatic heterocycles. The van der Waals surface area contributed by atoms with Gasteiger partial charge in [-0.05, 0) is 79.1 Å². The second kappa shape index (κ2) is 11.1. The summed E-state index contributed by atoms with van der Waals surface area (Å²) in [5.74, 6) is -3.63. The molecule has 0 aliphatic heterocycles. The van der Waals surface area contributed by atoms with Crippen LogP contribution in [0.5, 0.6) is 0 Å². The number of benzene rings is 3. The van der Waals surface area contributed by atoms with Crippen LogP contribution in [0.2, 0.25) is 15.1 Å². The molecular weight excluding hydrogens is 661 g/mol. The van der Waals surface area contributed by atoms with Crippen LogP contribution in [0.4, 0.5) is 30.2 Å². The Morgan fingerprint density at radius 1 is 0.762 bits per heavy atom. The van der Waals surface area contributed by atoms with E-state index in [2.05, 4.69) is 16.0 Å². The molecule has 3 aromatic carbocycles. The maximum Gasteiger partial charge on any atom is 0.403 e. The predicted molar refractivity (Wildman–Crippen MR) is 158 cm³/mol. The number of anilines is 3. The molecule has 3 N–H and O–H groups in total. The average Bonchev–Trinajstić information content (AvgIpc) is 3.80. The molecule has 0 spiro atoms. The van der Waals surface area contributed by atoms with E-state index in [0.29, 0.717) is 15.6 Å². The summed E-state index contributed by atoms with van der Waals surface area (Å²) in [5.41, 5.74) is -1.03. The molecule has 5 rings (SSSR count). The first-order valence-corrected chi connectivity index (χ1v) is 14.3. The standard InChI is InChI=1S/C28H19Cl5F3N3O3/c29-14-9-13(10-15(30)11-14)21-22(27(21,32)33)24(41)38-18-5-6-20(31)19(12-18)23(40)37-16-1-3-17(4-2-16)39-25(42)26(7-8-26)28(34,35)36/h1-6,9-12,21-22H,7-8H2,(H,37,40)(H,38,41)(H,39,42)/t21-,22+/m0/s1. The summed E-state index contributed by atoms with van der Waals surface area (Å²) in [6, 6.07) is 14.6. The van der Waals surface area contributed by atoms with E-state index in [1.54, 1.807) is 18.2 Å². The van der Waals surface area contributed by atoms with Crippen molar-refractivity contribution in [2.45, 2.75) is 29.3 Å². The van der Waals surface area contributed by atoms with E-state index in [1.165, 1.54) is 42.5 Å². The number of nitrogens with one attached hydrogen (secondary N) is 3. The Balaban J connectivity index is 1.23. The minimum atomic E-state index is -4.62. The van der Waals surface area contributed by atoms with Crippen LogP contribution in [0.25, 0.3) is 0 Å². The van der Waals surface area contributed by atoms with Crippen LogP contribution < -0.4 is 16.0 Å². The quantitative estimate of drug-likeness (QED) is 0.219. The Hall–Kier alpha value is -2.69. The third kappa shape index (κ3) is 6.03. The highest BCUT2D eigenvalue weighted by molar-refractivity contribution is 6.53.